The molecular weight excluding hydrogens is 188 g/mol. The van der Waals surface area contributed by atoms with Gasteiger partial charge < -0.3 is 5.32 Å². The summed E-state index contributed by atoms with van der Waals surface area (Å²) < 4.78 is 1.87. The van der Waals surface area contributed by atoms with Crippen LogP contribution in [-0.4, -0.2) is 14.8 Å². The second kappa shape index (κ2) is 4.70. The molecule has 0 aromatic carbocycles. The Morgan fingerprint density at radius 2 is 1.93 bits per heavy atom. The van der Waals surface area contributed by atoms with Gasteiger partial charge in [0.05, 0.1) is 5.69 Å². The van der Waals surface area contributed by atoms with Gasteiger partial charge in [-0.1, -0.05) is 0 Å². The van der Waals surface area contributed by atoms with E-state index >= 15 is 0 Å². The molecule has 0 spiro atoms. The number of nitrogens with one attached hydrogen (secondary N) is 1. The van der Waals surface area contributed by atoms with Crippen molar-refractivity contribution in [3.8, 4) is 0 Å². The van der Waals surface area contributed by atoms with Crippen molar-refractivity contribution in [2.45, 2.75) is 13.1 Å². The lowest BCUT2D eigenvalue weighted by atomic mass is 10.2. The van der Waals surface area contributed by atoms with Crippen LogP contribution in [-0.2, 0) is 20.1 Å². The smallest absolute Gasteiger partial charge is 0.0518 e. The summed E-state index contributed by atoms with van der Waals surface area (Å²) in [6.45, 7) is 1.69. The van der Waals surface area contributed by atoms with E-state index in [0.717, 1.165) is 13.1 Å². The average molecular weight is 202 g/mol. The van der Waals surface area contributed by atoms with Crippen molar-refractivity contribution < 1.29 is 0 Å². The van der Waals surface area contributed by atoms with Crippen LogP contribution in [0.2, 0.25) is 0 Å². The van der Waals surface area contributed by atoms with Crippen molar-refractivity contribution in [3.63, 3.8) is 0 Å². The predicted molar refractivity (Wildman–Crippen MR) is 58.0 cm³/mol. The first-order valence-electron chi connectivity index (χ1n) is 4.93. The summed E-state index contributed by atoms with van der Waals surface area (Å²) in [6.07, 6.45) is 5.42. The fraction of sp³-hybridized carbons (Fsp3) is 0.273. The van der Waals surface area contributed by atoms with Gasteiger partial charge in [-0.3, -0.25) is 9.67 Å². The quantitative estimate of drug-likeness (QED) is 0.807. The number of aryl methyl sites for hydroxylation is 1. The van der Waals surface area contributed by atoms with Crippen LogP contribution >= 0.6 is 0 Å². The minimum Gasteiger partial charge on any atom is -0.307 e. The third kappa shape index (κ3) is 2.63. The molecular formula is C11H14N4. The highest BCUT2D eigenvalue weighted by Gasteiger charge is 1.97. The normalized spacial score (nSPS) is 10.5. The van der Waals surface area contributed by atoms with E-state index in [9.17, 15) is 0 Å². The molecule has 0 fully saturated rings. The van der Waals surface area contributed by atoms with Gasteiger partial charge in [-0.2, -0.15) is 5.10 Å². The molecule has 0 atom stereocenters. The van der Waals surface area contributed by atoms with Crippen LogP contribution < -0.4 is 5.32 Å². The van der Waals surface area contributed by atoms with Gasteiger partial charge in [0.2, 0.25) is 0 Å². The standard InChI is InChI=1S/C11H14N4/c1-15-11(4-7-14-15)9-13-8-10-2-5-12-6-3-10/h2-7,13H,8-9H2,1H3. The lowest BCUT2D eigenvalue weighted by molar-refractivity contribution is 0.626. The number of pyridine rings is 1. The Morgan fingerprint density at radius 3 is 2.60 bits per heavy atom. The van der Waals surface area contributed by atoms with Gasteiger partial charge in [-0.15, -0.1) is 0 Å². The highest BCUT2D eigenvalue weighted by atomic mass is 15.3. The Morgan fingerprint density at radius 1 is 1.13 bits per heavy atom. The zero-order valence-corrected chi connectivity index (χ0v) is 8.72. The summed E-state index contributed by atoms with van der Waals surface area (Å²) in [5, 5.41) is 7.47. The van der Waals surface area contributed by atoms with E-state index in [0.29, 0.717) is 0 Å². The minimum atomic E-state index is 0.832. The number of nitrogens with zero attached hydrogens (tertiary/aromatic N) is 3. The van der Waals surface area contributed by atoms with Gasteiger partial charge in [-0.05, 0) is 23.8 Å². The first-order valence-corrected chi connectivity index (χ1v) is 4.93. The summed E-state index contributed by atoms with van der Waals surface area (Å²) in [4.78, 5) is 3.98. The Balaban J connectivity index is 1.83. The van der Waals surface area contributed by atoms with E-state index in [1.165, 1.54) is 11.3 Å². The van der Waals surface area contributed by atoms with Crippen LogP contribution in [0.5, 0.6) is 0 Å². The van der Waals surface area contributed by atoms with Crippen molar-refractivity contribution >= 4 is 0 Å². The SMILES string of the molecule is Cn1nccc1CNCc1ccncc1. The van der Waals surface area contributed by atoms with Gasteiger partial charge in [0.25, 0.3) is 0 Å². The second-order valence-corrected chi connectivity index (χ2v) is 3.41. The monoisotopic (exact) mass is 202 g/mol. The summed E-state index contributed by atoms with van der Waals surface area (Å²) in [5.41, 5.74) is 2.43. The molecule has 0 aliphatic carbocycles. The molecule has 0 saturated heterocycles. The first kappa shape index (κ1) is 9.86. The summed E-state index contributed by atoms with van der Waals surface area (Å²) in [6, 6.07) is 6.03. The van der Waals surface area contributed by atoms with Crippen molar-refractivity contribution in [1.82, 2.24) is 20.1 Å². The summed E-state index contributed by atoms with van der Waals surface area (Å²) in [5.74, 6) is 0. The van der Waals surface area contributed by atoms with Crippen LogP contribution in [0.1, 0.15) is 11.3 Å². The van der Waals surface area contributed by atoms with Crippen LogP contribution in [0.25, 0.3) is 0 Å². The molecule has 0 bridgehead atoms. The molecule has 4 heteroatoms. The van der Waals surface area contributed by atoms with Crippen LogP contribution in [0, 0.1) is 0 Å². The summed E-state index contributed by atoms with van der Waals surface area (Å²) >= 11 is 0. The molecule has 0 radical (unpaired) electrons. The van der Waals surface area contributed by atoms with Crippen molar-refractivity contribution in [1.29, 1.82) is 0 Å². The molecule has 2 rings (SSSR count). The molecule has 1 N–H and O–H groups in total. The van der Waals surface area contributed by atoms with Gasteiger partial charge in [0.1, 0.15) is 0 Å². The van der Waals surface area contributed by atoms with Crippen LogP contribution in [0.4, 0.5) is 0 Å². The summed E-state index contributed by atoms with van der Waals surface area (Å²) in [7, 11) is 1.95. The highest BCUT2D eigenvalue weighted by Crippen LogP contribution is 1.98. The van der Waals surface area contributed by atoms with Crippen molar-refractivity contribution in [2.24, 2.45) is 7.05 Å². The first-order chi connectivity index (χ1) is 7.36. The molecule has 2 heterocycles. The van der Waals surface area contributed by atoms with E-state index in [-0.39, 0.29) is 0 Å². The Labute approximate surface area is 89.0 Å². The van der Waals surface area contributed by atoms with Crippen molar-refractivity contribution in [2.75, 3.05) is 0 Å². The fourth-order valence-corrected chi connectivity index (χ4v) is 1.41. The maximum absolute atomic E-state index is 4.11. The van der Waals surface area contributed by atoms with Crippen molar-refractivity contribution in [3.05, 3.63) is 48.0 Å². The van der Waals surface area contributed by atoms with E-state index in [1.54, 1.807) is 12.4 Å². The second-order valence-electron chi connectivity index (χ2n) is 3.41. The number of hydrogen-bond donors (Lipinski definition) is 1. The Kier molecular flexibility index (Phi) is 3.09. The molecule has 78 valence electrons. The lowest BCUT2D eigenvalue weighted by Gasteiger charge is -2.04. The van der Waals surface area contributed by atoms with E-state index < -0.39 is 0 Å². The van der Waals surface area contributed by atoms with E-state index in [1.807, 2.05) is 36.1 Å². The number of rotatable bonds is 4. The number of aromatic nitrogens is 3. The minimum absolute atomic E-state index is 0.832. The maximum Gasteiger partial charge on any atom is 0.0518 e. The van der Waals surface area contributed by atoms with Crippen LogP contribution in [0.3, 0.4) is 0 Å². The van der Waals surface area contributed by atoms with Gasteiger partial charge in [0.15, 0.2) is 0 Å². The average Bonchev–Trinajstić information content (AvgIpc) is 2.66. The lowest BCUT2D eigenvalue weighted by Crippen LogP contribution is -2.15. The Hall–Kier alpha value is -1.68. The molecule has 0 unspecified atom stereocenters. The van der Waals surface area contributed by atoms with Crippen LogP contribution in [0.15, 0.2) is 36.8 Å². The molecule has 0 aliphatic heterocycles. The molecule has 15 heavy (non-hydrogen) atoms. The molecule has 0 amide bonds. The van der Waals surface area contributed by atoms with E-state index in [4.69, 9.17) is 0 Å². The van der Waals surface area contributed by atoms with Gasteiger partial charge >= 0.3 is 0 Å². The molecule has 2 aromatic heterocycles. The largest absolute Gasteiger partial charge is 0.307 e. The zero-order chi connectivity index (χ0) is 10.5. The maximum atomic E-state index is 4.11. The third-order valence-electron chi connectivity index (χ3n) is 2.31. The number of hydrogen-bond acceptors (Lipinski definition) is 3. The topological polar surface area (TPSA) is 42.7 Å². The Bertz CT molecular complexity index is 408. The zero-order valence-electron chi connectivity index (χ0n) is 8.72. The molecule has 0 aliphatic rings. The molecule has 2 aromatic rings. The molecule has 4 nitrogen and oxygen atoms in total. The van der Waals surface area contributed by atoms with Gasteiger partial charge in [0, 0.05) is 38.7 Å². The highest BCUT2D eigenvalue weighted by molar-refractivity contribution is 5.09. The fourth-order valence-electron chi connectivity index (χ4n) is 1.41. The molecule has 0 saturated carbocycles. The van der Waals surface area contributed by atoms with E-state index in [2.05, 4.69) is 15.4 Å². The third-order valence-corrected chi connectivity index (χ3v) is 2.31. The predicted octanol–water partition coefficient (Wildman–Crippen LogP) is 1.10. The van der Waals surface area contributed by atoms with Gasteiger partial charge in [-0.25, -0.2) is 0 Å².